The molecule has 1 aromatic rings. The molecule has 4 nitrogen and oxygen atoms in total. The third-order valence-corrected chi connectivity index (χ3v) is 2.21. The maximum absolute atomic E-state index is 11.4. The minimum Gasteiger partial charge on any atom is -0.497 e. The second-order valence-electron chi connectivity index (χ2n) is 3.17. The van der Waals surface area contributed by atoms with Crippen molar-refractivity contribution < 1.29 is 14.4 Å². The minimum absolute atomic E-state index is 0.164. The highest BCUT2D eigenvalue weighted by atomic mass is 16.6. The monoisotopic (exact) mass is 209 g/mol. The summed E-state index contributed by atoms with van der Waals surface area (Å²) in [6.45, 7) is 1.82. The Labute approximate surface area is 89.1 Å². The molecule has 1 N–H and O–H groups in total. The molecule has 0 aliphatic carbocycles. The first-order valence-electron chi connectivity index (χ1n) is 4.65. The molecule has 0 aliphatic heterocycles. The Kier molecular flexibility index (Phi) is 4.12. The average Bonchev–Trinajstić information content (AvgIpc) is 2.28. The van der Waals surface area contributed by atoms with E-state index in [0.29, 0.717) is 0 Å². The predicted octanol–water partition coefficient (Wildman–Crippen LogP) is 1.48. The highest BCUT2D eigenvalue weighted by Gasteiger charge is 2.14. The van der Waals surface area contributed by atoms with Gasteiger partial charge in [-0.1, -0.05) is 12.1 Å². The molecule has 1 atom stereocenters. The zero-order valence-electron chi connectivity index (χ0n) is 9.11. The topological polar surface area (TPSA) is 47.6 Å². The molecule has 0 saturated carbocycles. The summed E-state index contributed by atoms with van der Waals surface area (Å²) in [6.07, 6.45) is 0. The molecule has 1 amide bonds. The van der Waals surface area contributed by atoms with Crippen molar-refractivity contribution >= 4 is 5.91 Å². The van der Waals surface area contributed by atoms with E-state index in [2.05, 4.69) is 10.3 Å². The van der Waals surface area contributed by atoms with Gasteiger partial charge in [-0.05, 0) is 24.6 Å². The van der Waals surface area contributed by atoms with Crippen molar-refractivity contribution in [2.24, 2.45) is 0 Å². The quantitative estimate of drug-likeness (QED) is 0.764. The lowest BCUT2D eigenvalue weighted by atomic mass is 10.0. The number of ether oxygens (including phenoxy) is 1. The Morgan fingerprint density at radius 2 is 1.87 bits per heavy atom. The van der Waals surface area contributed by atoms with Gasteiger partial charge in [0.2, 0.25) is 0 Å². The van der Waals surface area contributed by atoms with Crippen molar-refractivity contribution in [1.29, 1.82) is 0 Å². The first-order chi connectivity index (χ1) is 7.19. The molecule has 0 fully saturated rings. The van der Waals surface area contributed by atoms with Gasteiger partial charge in [0.1, 0.15) is 5.75 Å². The van der Waals surface area contributed by atoms with Crippen molar-refractivity contribution in [1.82, 2.24) is 5.48 Å². The maximum atomic E-state index is 11.4. The predicted molar refractivity (Wildman–Crippen MR) is 56.6 cm³/mol. The molecule has 1 unspecified atom stereocenters. The van der Waals surface area contributed by atoms with Gasteiger partial charge in [0, 0.05) is 0 Å². The number of nitrogens with one attached hydrogen (secondary N) is 1. The van der Waals surface area contributed by atoms with Gasteiger partial charge in [-0.3, -0.25) is 9.63 Å². The molecule has 0 aromatic heterocycles. The van der Waals surface area contributed by atoms with Crippen molar-refractivity contribution in [2.45, 2.75) is 12.8 Å². The highest BCUT2D eigenvalue weighted by Crippen LogP contribution is 2.18. The van der Waals surface area contributed by atoms with E-state index in [9.17, 15) is 4.79 Å². The van der Waals surface area contributed by atoms with E-state index in [-0.39, 0.29) is 11.8 Å². The van der Waals surface area contributed by atoms with Crippen LogP contribution in [0.3, 0.4) is 0 Å². The van der Waals surface area contributed by atoms with Crippen LogP contribution in [0.2, 0.25) is 0 Å². The largest absolute Gasteiger partial charge is 0.497 e. The van der Waals surface area contributed by atoms with Crippen LogP contribution in [-0.2, 0) is 9.63 Å². The van der Waals surface area contributed by atoms with E-state index in [0.717, 1.165) is 11.3 Å². The number of benzene rings is 1. The van der Waals surface area contributed by atoms with Gasteiger partial charge in [-0.2, -0.15) is 0 Å². The Morgan fingerprint density at radius 3 is 2.33 bits per heavy atom. The summed E-state index contributed by atoms with van der Waals surface area (Å²) < 4.78 is 5.03. The summed E-state index contributed by atoms with van der Waals surface area (Å²) in [7, 11) is 3.02. The van der Waals surface area contributed by atoms with Gasteiger partial charge in [-0.15, -0.1) is 0 Å². The molecule has 15 heavy (non-hydrogen) atoms. The van der Waals surface area contributed by atoms with Crippen LogP contribution in [0.5, 0.6) is 5.75 Å². The molecule has 82 valence electrons. The summed E-state index contributed by atoms with van der Waals surface area (Å²) in [5, 5.41) is 0. The average molecular weight is 209 g/mol. The summed E-state index contributed by atoms with van der Waals surface area (Å²) in [4.78, 5) is 16.0. The Balaban J connectivity index is 2.73. The number of carbonyl (C=O) groups excluding carboxylic acids is 1. The lowest BCUT2D eigenvalue weighted by Gasteiger charge is -2.11. The molecule has 0 bridgehead atoms. The van der Waals surface area contributed by atoms with Gasteiger partial charge in [-0.25, -0.2) is 5.48 Å². The van der Waals surface area contributed by atoms with E-state index >= 15 is 0 Å². The van der Waals surface area contributed by atoms with E-state index in [1.807, 2.05) is 31.2 Å². The molecular weight excluding hydrogens is 194 g/mol. The third kappa shape index (κ3) is 2.95. The number of carbonyl (C=O) groups is 1. The van der Waals surface area contributed by atoms with Gasteiger partial charge < -0.3 is 4.74 Å². The molecule has 1 rings (SSSR count). The molecule has 0 heterocycles. The highest BCUT2D eigenvalue weighted by molar-refractivity contribution is 5.82. The molecule has 0 saturated heterocycles. The van der Waals surface area contributed by atoms with Gasteiger partial charge >= 0.3 is 0 Å². The van der Waals surface area contributed by atoms with Crippen LogP contribution in [0.4, 0.5) is 0 Å². The molecule has 0 aliphatic rings. The van der Waals surface area contributed by atoms with Crippen LogP contribution in [0.1, 0.15) is 18.4 Å². The smallest absolute Gasteiger partial charge is 0.250 e. The van der Waals surface area contributed by atoms with Crippen LogP contribution < -0.4 is 10.2 Å². The first-order valence-corrected chi connectivity index (χ1v) is 4.65. The third-order valence-electron chi connectivity index (χ3n) is 2.21. The second kappa shape index (κ2) is 5.36. The summed E-state index contributed by atoms with van der Waals surface area (Å²) >= 11 is 0. The van der Waals surface area contributed by atoms with E-state index in [1.54, 1.807) is 7.11 Å². The molecule has 0 spiro atoms. The summed E-state index contributed by atoms with van der Waals surface area (Å²) in [5.41, 5.74) is 3.22. The van der Waals surface area contributed by atoms with Crippen molar-refractivity contribution in [3.63, 3.8) is 0 Å². The van der Waals surface area contributed by atoms with Crippen LogP contribution in [-0.4, -0.2) is 20.1 Å². The van der Waals surface area contributed by atoms with Gasteiger partial charge in [0.05, 0.1) is 20.1 Å². The number of hydrogen-bond acceptors (Lipinski definition) is 3. The lowest BCUT2D eigenvalue weighted by molar-refractivity contribution is -0.132. The number of amides is 1. The molecular formula is C11H15NO3. The van der Waals surface area contributed by atoms with Crippen LogP contribution in [0.15, 0.2) is 24.3 Å². The van der Waals surface area contributed by atoms with E-state index in [4.69, 9.17) is 4.74 Å². The minimum atomic E-state index is -0.240. The molecule has 1 aromatic carbocycles. The Bertz CT molecular complexity index is 321. The molecule has 4 heteroatoms. The van der Waals surface area contributed by atoms with Gasteiger partial charge in [0.15, 0.2) is 0 Å². The Morgan fingerprint density at radius 1 is 1.27 bits per heavy atom. The summed E-state index contributed by atoms with van der Waals surface area (Å²) in [6, 6.07) is 7.37. The SMILES string of the molecule is CONC(=O)C(C)c1ccc(OC)cc1. The lowest BCUT2D eigenvalue weighted by Crippen LogP contribution is -2.26. The molecule has 0 radical (unpaired) electrons. The summed E-state index contributed by atoms with van der Waals surface area (Å²) in [5.74, 6) is 0.372. The number of methoxy groups -OCH3 is 1. The maximum Gasteiger partial charge on any atom is 0.250 e. The normalized spacial score (nSPS) is 11.9. The number of rotatable bonds is 4. The van der Waals surface area contributed by atoms with Crippen LogP contribution >= 0.6 is 0 Å². The zero-order valence-corrected chi connectivity index (χ0v) is 9.11. The fraction of sp³-hybridized carbons (Fsp3) is 0.364. The van der Waals surface area contributed by atoms with Crippen molar-refractivity contribution in [3.05, 3.63) is 29.8 Å². The zero-order chi connectivity index (χ0) is 11.3. The second-order valence-corrected chi connectivity index (χ2v) is 3.17. The number of hydrogen-bond donors (Lipinski definition) is 1. The van der Waals surface area contributed by atoms with Crippen molar-refractivity contribution in [2.75, 3.05) is 14.2 Å². The fourth-order valence-corrected chi connectivity index (χ4v) is 1.23. The first kappa shape index (κ1) is 11.5. The number of hydroxylamine groups is 1. The van der Waals surface area contributed by atoms with Crippen LogP contribution in [0.25, 0.3) is 0 Å². The van der Waals surface area contributed by atoms with Crippen LogP contribution in [0, 0.1) is 0 Å². The van der Waals surface area contributed by atoms with Crippen molar-refractivity contribution in [3.8, 4) is 5.75 Å². The fourth-order valence-electron chi connectivity index (χ4n) is 1.23. The Hall–Kier alpha value is -1.55. The van der Waals surface area contributed by atoms with Gasteiger partial charge in [0.25, 0.3) is 5.91 Å². The van der Waals surface area contributed by atoms with E-state index in [1.165, 1.54) is 7.11 Å². The standard InChI is InChI=1S/C11H15NO3/c1-8(11(13)12-15-3)9-4-6-10(14-2)7-5-9/h4-8H,1-3H3,(H,12,13). The van der Waals surface area contributed by atoms with E-state index < -0.39 is 0 Å².